The van der Waals surface area contributed by atoms with Crippen LogP contribution >= 0.6 is 0 Å². The summed E-state index contributed by atoms with van der Waals surface area (Å²) >= 11 is 0. The molecular formula is C15H19NO3. The van der Waals surface area contributed by atoms with Gasteiger partial charge in [0.05, 0.1) is 0 Å². The van der Waals surface area contributed by atoms with Gasteiger partial charge >= 0.3 is 6.09 Å². The lowest BCUT2D eigenvalue weighted by Crippen LogP contribution is -2.33. The molecule has 0 radical (unpaired) electrons. The fourth-order valence-corrected chi connectivity index (χ4v) is 2.26. The minimum absolute atomic E-state index is 0.134. The lowest BCUT2D eigenvalue weighted by Gasteiger charge is -2.19. The summed E-state index contributed by atoms with van der Waals surface area (Å²) in [5, 5.41) is 0. The lowest BCUT2D eigenvalue weighted by atomic mass is 10.1. The number of carbonyl (C=O) groups is 2. The van der Waals surface area contributed by atoms with Crippen LogP contribution in [0.3, 0.4) is 0 Å². The number of hydrogen-bond acceptors (Lipinski definition) is 3. The normalized spacial score (nSPS) is 18.5. The molecule has 0 spiro atoms. The van der Waals surface area contributed by atoms with Crippen molar-refractivity contribution < 1.29 is 14.3 Å². The summed E-state index contributed by atoms with van der Waals surface area (Å²) in [7, 11) is 0. The number of ether oxygens (including phenoxy) is 1. The number of rotatable bonds is 5. The first kappa shape index (κ1) is 13.6. The average molecular weight is 261 g/mol. The van der Waals surface area contributed by atoms with E-state index in [9.17, 15) is 9.59 Å². The second-order valence-electron chi connectivity index (χ2n) is 4.72. The van der Waals surface area contributed by atoms with Crippen LogP contribution in [0.1, 0.15) is 44.2 Å². The van der Waals surface area contributed by atoms with Crippen LogP contribution in [-0.4, -0.2) is 23.5 Å². The number of cyclic esters (lactones) is 1. The number of unbranched alkanes of at least 4 members (excludes halogenated alkanes) is 2. The molecule has 1 saturated heterocycles. The number of hydrogen-bond donors (Lipinski definition) is 0. The maximum Gasteiger partial charge on any atom is 0.417 e. The van der Waals surface area contributed by atoms with E-state index in [0.29, 0.717) is 6.42 Å². The van der Waals surface area contributed by atoms with Crippen LogP contribution in [0, 0.1) is 0 Å². The molecule has 1 aliphatic heterocycles. The molecule has 0 unspecified atom stereocenters. The summed E-state index contributed by atoms with van der Waals surface area (Å²) < 4.78 is 5.03. The maximum atomic E-state index is 12.1. The van der Waals surface area contributed by atoms with Gasteiger partial charge in [0.25, 0.3) is 0 Å². The van der Waals surface area contributed by atoms with E-state index in [-0.39, 0.29) is 18.6 Å². The fraction of sp³-hybridized carbons (Fsp3) is 0.467. The van der Waals surface area contributed by atoms with Crippen LogP contribution in [0.2, 0.25) is 0 Å². The monoisotopic (exact) mass is 261 g/mol. The van der Waals surface area contributed by atoms with Gasteiger partial charge in [-0.25, -0.2) is 9.69 Å². The van der Waals surface area contributed by atoms with Crippen LogP contribution in [0.25, 0.3) is 0 Å². The number of carbonyl (C=O) groups excluding carboxylic acids is 2. The first-order valence-electron chi connectivity index (χ1n) is 6.77. The molecule has 1 heterocycles. The Bertz CT molecular complexity index is 444. The molecule has 1 aliphatic rings. The quantitative estimate of drug-likeness (QED) is 0.764. The maximum absolute atomic E-state index is 12.1. The van der Waals surface area contributed by atoms with Gasteiger partial charge < -0.3 is 4.74 Å². The Balaban J connectivity index is 2.07. The zero-order chi connectivity index (χ0) is 13.7. The van der Waals surface area contributed by atoms with Crippen LogP contribution in [0.4, 0.5) is 4.79 Å². The van der Waals surface area contributed by atoms with Gasteiger partial charge in [-0.15, -0.1) is 0 Å². The minimum Gasteiger partial charge on any atom is -0.446 e. The van der Waals surface area contributed by atoms with E-state index in [0.717, 1.165) is 24.8 Å². The number of amides is 2. The largest absolute Gasteiger partial charge is 0.446 e. The molecule has 2 amide bonds. The van der Waals surface area contributed by atoms with Gasteiger partial charge in [0, 0.05) is 6.42 Å². The molecule has 102 valence electrons. The summed E-state index contributed by atoms with van der Waals surface area (Å²) in [4.78, 5) is 25.1. The van der Waals surface area contributed by atoms with Crippen molar-refractivity contribution in [3.05, 3.63) is 35.9 Å². The van der Waals surface area contributed by atoms with Crippen molar-refractivity contribution in [1.82, 2.24) is 4.90 Å². The second kappa shape index (κ2) is 6.36. The third-order valence-corrected chi connectivity index (χ3v) is 3.32. The highest BCUT2D eigenvalue weighted by atomic mass is 16.6. The van der Waals surface area contributed by atoms with Crippen molar-refractivity contribution in [3.63, 3.8) is 0 Å². The van der Waals surface area contributed by atoms with Crippen LogP contribution in [0.5, 0.6) is 0 Å². The standard InChI is InChI=1S/C15H19NO3/c1-2-3-5-10-14(17)16-13(11-19-15(16)18)12-8-6-4-7-9-12/h4,6-9,13H,2-3,5,10-11H2,1H3/t13-/m1/s1. The molecule has 0 aromatic heterocycles. The zero-order valence-electron chi connectivity index (χ0n) is 11.2. The Labute approximate surface area is 113 Å². The van der Waals surface area contributed by atoms with E-state index in [1.54, 1.807) is 0 Å². The van der Waals surface area contributed by atoms with E-state index >= 15 is 0 Å². The third-order valence-electron chi connectivity index (χ3n) is 3.32. The number of nitrogens with zero attached hydrogens (tertiary/aromatic N) is 1. The smallest absolute Gasteiger partial charge is 0.417 e. The molecule has 0 N–H and O–H groups in total. The van der Waals surface area contributed by atoms with Crippen LogP contribution in [0.15, 0.2) is 30.3 Å². The average Bonchev–Trinajstić information content (AvgIpc) is 2.82. The van der Waals surface area contributed by atoms with E-state index < -0.39 is 6.09 Å². The van der Waals surface area contributed by atoms with Gasteiger partial charge in [-0.2, -0.15) is 0 Å². The molecule has 1 aromatic rings. The molecule has 19 heavy (non-hydrogen) atoms. The van der Waals surface area contributed by atoms with Crippen molar-refractivity contribution in [2.24, 2.45) is 0 Å². The summed E-state index contributed by atoms with van der Waals surface area (Å²) in [6.45, 7) is 2.34. The van der Waals surface area contributed by atoms with Crippen molar-refractivity contribution >= 4 is 12.0 Å². The van der Waals surface area contributed by atoms with Gasteiger partial charge in [-0.3, -0.25) is 4.79 Å². The highest BCUT2D eigenvalue weighted by Crippen LogP contribution is 2.28. The van der Waals surface area contributed by atoms with E-state index in [2.05, 4.69) is 6.92 Å². The first-order chi connectivity index (χ1) is 9.24. The summed E-state index contributed by atoms with van der Waals surface area (Å²) in [6, 6.07) is 9.27. The Hall–Kier alpha value is -1.84. The molecule has 2 rings (SSSR count). The molecule has 4 nitrogen and oxygen atoms in total. The van der Waals surface area contributed by atoms with E-state index in [1.807, 2.05) is 30.3 Å². The van der Waals surface area contributed by atoms with Gasteiger partial charge in [0.1, 0.15) is 12.6 Å². The van der Waals surface area contributed by atoms with Crippen molar-refractivity contribution in [2.45, 2.75) is 38.6 Å². The predicted octanol–water partition coefficient (Wildman–Crippen LogP) is 3.29. The molecule has 0 saturated carbocycles. The zero-order valence-corrected chi connectivity index (χ0v) is 11.2. The lowest BCUT2D eigenvalue weighted by molar-refractivity contribution is -0.129. The highest BCUT2D eigenvalue weighted by Gasteiger charge is 2.38. The Morgan fingerprint density at radius 1 is 1.32 bits per heavy atom. The number of imide groups is 1. The summed E-state index contributed by atoms with van der Waals surface area (Å²) in [6.07, 6.45) is 2.77. The van der Waals surface area contributed by atoms with Gasteiger partial charge in [0.15, 0.2) is 0 Å². The Morgan fingerprint density at radius 2 is 2.05 bits per heavy atom. The summed E-state index contributed by atoms with van der Waals surface area (Å²) in [5.41, 5.74) is 0.942. The molecule has 1 aromatic carbocycles. The van der Waals surface area contributed by atoms with Crippen molar-refractivity contribution in [3.8, 4) is 0 Å². The minimum atomic E-state index is -0.518. The summed E-state index contributed by atoms with van der Waals surface area (Å²) in [5.74, 6) is -0.134. The van der Waals surface area contributed by atoms with Gasteiger partial charge in [-0.05, 0) is 12.0 Å². The van der Waals surface area contributed by atoms with E-state index in [1.165, 1.54) is 4.90 Å². The topological polar surface area (TPSA) is 46.6 Å². The molecule has 1 fully saturated rings. The molecular weight excluding hydrogens is 242 g/mol. The highest BCUT2D eigenvalue weighted by molar-refractivity contribution is 5.93. The second-order valence-corrected chi connectivity index (χ2v) is 4.72. The van der Waals surface area contributed by atoms with Gasteiger partial charge in [0.2, 0.25) is 5.91 Å². The van der Waals surface area contributed by atoms with Crippen molar-refractivity contribution in [2.75, 3.05) is 6.61 Å². The fourth-order valence-electron chi connectivity index (χ4n) is 2.26. The molecule has 0 bridgehead atoms. The Kier molecular flexibility index (Phi) is 4.55. The van der Waals surface area contributed by atoms with Crippen molar-refractivity contribution in [1.29, 1.82) is 0 Å². The van der Waals surface area contributed by atoms with E-state index in [4.69, 9.17) is 4.74 Å². The molecule has 0 aliphatic carbocycles. The predicted molar refractivity (Wildman–Crippen MR) is 71.5 cm³/mol. The molecule has 4 heteroatoms. The van der Waals surface area contributed by atoms with Crippen LogP contribution in [-0.2, 0) is 9.53 Å². The van der Waals surface area contributed by atoms with Crippen LogP contribution < -0.4 is 0 Å². The molecule has 1 atom stereocenters. The SMILES string of the molecule is CCCCCC(=O)N1C(=O)OC[C@@H]1c1ccccc1. The first-order valence-corrected chi connectivity index (χ1v) is 6.77. The Morgan fingerprint density at radius 3 is 2.74 bits per heavy atom. The third kappa shape index (κ3) is 3.13. The number of benzene rings is 1. The van der Waals surface area contributed by atoms with Gasteiger partial charge in [-0.1, -0.05) is 50.1 Å².